The van der Waals surface area contributed by atoms with Gasteiger partial charge in [-0.1, -0.05) is 0 Å². The van der Waals surface area contributed by atoms with E-state index in [0.29, 0.717) is 43.4 Å². The van der Waals surface area contributed by atoms with Gasteiger partial charge in [0, 0.05) is 24.1 Å². The zero-order valence-electron chi connectivity index (χ0n) is 17.6. The molecule has 1 saturated carbocycles. The Bertz CT molecular complexity index is 665. The van der Waals surface area contributed by atoms with Crippen molar-refractivity contribution in [3.63, 3.8) is 0 Å². The Morgan fingerprint density at radius 2 is 2.10 bits per heavy atom. The van der Waals surface area contributed by atoms with Crippen molar-refractivity contribution in [2.24, 2.45) is 0 Å². The fourth-order valence-corrected chi connectivity index (χ4v) is 3.19. The van der Waals surface area contributed by atoms with Gasteiger partial charge in [-0.2, -0.15) is 0 Å². The Hall–Kier alpha value is -1.99. The molecule has 0 bridgehead atoms. The Morgan fingerprint density at radius 3 is 2.79 bits per heavy atom. The minimum absolute atomic E-state index is 0.0460. The van der Waals surface area contributed by atoms with Gasteiger partial charge in [0.15, 0.2) is 0 Å². The highest BCUT2D eigenvalue weighted by Crippen LogP contribution is 2.34. The highest BCUT2D eigenvalue weighted by molar-refractivity contribution is 5.78. The van der Waals surface area contributed by atoms with Gasteiger partial charge in [0.05, 0.1) is 13.2 Å². The summed E-state index contributed by atoms with van der Waals surface area (Å²) in [6.45, 7) is 3.66. The number of carbonyl (C=O) groups excluding carboxylic acids is 2. The lowest BCUT2D eigenvalue weighted by Gasteiger charge is -2.19. The van der Waals surface area contributed by atoms with Crippen molar-refractivity contribution in [2.75, 3.05) is 26.7 Å². The summed E-state index contributed by atoms with van der Waals surface area (Å²) in [6.07, 6.45) is 6.54. The van der Waals surface area contributed by atoms with Crippen LogP contribution in [0.15, 0.2) is 18.2 Å². The van der Waals surface area contributed by atoms with Crippen LogP contribution in [0, 0.1) is 5.82 Å². The largest absolute Gasteiger partial charge is 0.493 e. The van der Waals surface area contributed by atoms with Gasteiger partial charge in [-0.25, -0.2) is 4.39 Å². The van der Waals surface area contributed by atoms with E-state index in [9.17, 15) is 14.0 Å². The maximum Gasteiger partial charge on any atom is 0.220 e. The monoisotopic (exact) mass is 407 g/mol. The Labute approximate surface area is 173 Å². The normalized spacial score (nSPS) is 15.6. The maximum atomic E-state index is 14.0. The SMILES string of the molecule is CN[C@H](CCNC1(C)CC1)Cc1cc(F)cc(OCCCCC(=O)NCC=O)c1. The third-order valence-corrected chi connectivity index (χ3v) is 5.32. The number of nitrogens with one attached hydrogen (secondary N) is 3. The van der Waals surface area contributed by atoms with Crippen molar-refractivity contribution in [1.29, 1.82) is 0 Å². The molecule has 29 heavy (non-hydrogen) atoms. The second kappa shape index (κ2) is 11.9. The summed E-state index contributed by atoms with van der Waals surface area (Å²) in [5, 5.41) is 9.40. The molecule has 0 aliphatic heterocycles. The average molecular weight is 408 g/mol. The molecule has 0 radical (unpaired) electrons. The van der Waals surface area contributed by atoms with Crippen LogP contribution in [0.3, 0.4) is 0 Å². The molecule has 0 heterocycles. The smallest absolute Gasteiger partial charge is 0.220 e. The third-order valence-electron chi connectivity index (χ3n) is 5.32. The van der Waals surface area contributed by atoms with Crippen LogP contribution in [0.25, 0.3) is 0 Å². The molecule has 1 aromatic rings. The number of benzene rings is 1. The van der Waals surface area contributed by atoms with E-state index < -0.39 is 0 Å². The zero-order valence-corrected chi connectivity index (χ0v) is 17.6. The van der Waals surface area contributed by atoms with E-state index in [-0.39, 0.29) is 24.3 Å². The molecule has 1 atom stereocenters. The molecule has 3 N–H and O–H groups in total. The van der Waals surface area contributed by atoms with E-state index in [1.165, 1.54) is 18.9 Å². The lowest BCUT2D eigenvalue weighted by Crippen LogP contribution is -2.35. The molecule has 1 aliphatic rings. The fraction of sp³-hybridized carbons (Fsp3) is 0.636. The first kappa shape index (κ1) is 23.3. The fourth-order valence-electron chi connectivity index (χ4n) is 3.19. The molecule has 0 unspecified atom stereocenters. The van der Waals surface area contributed by atoms with Gasteiger partial charge in [0.2, 0.25) is 5.91 Å². The highest BCUT2D eigenvalue weighted by atomic mass is 19.1. The van der Waals surface area contributed by atoms with Crippen molar-refractivity contribution >= 4 is 12.2 Å². The van der Waals surface area contributed by atoms with Gasteiger partial charge in [0.1, 0.15) is 17.9 Å². The number of halogens is 1. The van der Waals surface area contributed by atoms with Crippen molar-refractivity contribution < 1.29 is 18.7 Å². The number of hydrogen-bond donors (Lipinski definition) is 3. The topological polar surface area (TPSA) is 79.5 Å². The molecule has 1 aromatic carbocycles. The maximum absolute atomic E-state index is 14.0. The summed E-state index contributed by atoms with van der Waals surface area (Å²) in [7, 11) is 1.94. The van der Waals surface area contributed by atoms with Crippen molar-refractivity contribution in [3.05, 3.63) is 29.6 Å². The van der Waals surface area contributed by atoms with Crippen LogP contribution in [-0.4, -0.2) is 50.5 Å². The van der Waals surface area contributed by atoms with E-state index in [0.717, 1.165) is 24.9 Å². The lowest BCUT2D eigenvalue weighted by molar-refractivity contribution is -0.122. The first-order valence-electron chi connectivity index (χ1n) is 10.5. The van der Waals surface area contributed by atoms with E-state index in [2.05, 4.69) is 22.9 Å². The molecule has 1 amide bonds. The quantitative estimate of drug-likeness (QED) is 0.307. The number of ether oxygens (including phenoxy) is 1. The number of amides is 1. The van der Waals surface area contributed by atoms with E-state index >= 15 is 0 Å². The summed E-state index contributed by atoms with van der Waals surface area (Å²) in [5.41, 5.74) is 1.23. The van der Waals surface area contributed by atoms with Crippen LogP contribution in [0.1, 0.15) is 51.0 Å². The average Bonchev–Trinajstić information content (AvgIpc) is 3.42. The Kier molecular flexibility index (Phi) is 9.54. The van der Waals surface area contributed by atoms with Crippen LogP contribution in [0.2, 0.25) is 0 Å². The van der Waals surface area contributed by atoms with Crippen LogP contribution in [0.5, 0.6) is 5.75 Å². The van der Waals surface area contributed by atoms with Gasteiger partial charge >= 0.3 is 0 Å². The molecule has 0 aromatic heterocycles. The number of unbranched alkanes of at least 4 members (excludes halogenated alkanes) is 1. The minimum atomic E-state index is -0.302. The first-order chi connectivity index (χ1) is 13.9. The second-order valence-corrected chi connectivity index (χ2v) is 8.04. The number of likely N-dealkylation sites (N-methyl/N-ethyl adjacent to an activating group) is 1. The summed E-state index contributed by atoms with van der Waals surface area (Å²) in [6, 6.07) is 5.11. The summed E-state index contributed by atoms with van der Waals surface area (Å²) >= 11 is 0. The lowest BCUT2D eigenvalue weighted by atomic mass is 10.0. The molecule has 1 aliphatic carbocycles. The third kappa shape index (κ3) is 9.37. The van der Waals surface area contributed by atoms with Gasteiger partial charge in [0.25, 0.3) is 0 Å². The van der Waals surface area contributed by atoms with Crippen LogP contribution in [0.4, 0.5) is 4.39 Å². The molecule has 162 valence electrons. The number of hydrogen-bond acceptors (Lipinski definition) is 5. The van der Waals surface area contributed by atoms with Crippen LogP contribution < -0.4 is 20.7 Å². The van der Waals surface area contributed by atoms with Crippen LogP contribution in [-0.2, 0) is 16.0 Å². The van der Waals surface area contributed by atoms with Gasteiger partial charge in [-0.05, 0) is 76.7 Å². The molecular weight excluding hydrogens is 373 g/mol. The number of aldehydes is 1. The Balaban J connectivity index is 1.72. The van der Waals surface area contributed by atoms with E-state index in [1.54, 1.807) is 6.07 Å². The van der Waals surface area contributed by atoms with Gasteiger partial charge in [-0.3, -0.25) is 4.79 Å². The number of rotatable bonds is 15. The highest BCUT2D eigenvalue weighted by Gasteiger charge is 2.36. The minimum Gasteiger partial charge on any atom is -0.493 e. The molecule has 2 rings (SSSR count). The number of carbonyl (C=O) groups is 2. The second-order valence-electron chi connectivity index (χ2n) is 8.04. The van der Waals surface area contributed by atoms with E-state index in [4.69, 9.17) is 4.74 Å². The molecule has 6 nitrogen and oxygen atoms in total. The molecule has 0 spiro atoms. The molecular formula is C22H34FN3O3. The summed E-state index contributed by atoms with van der Waals surface area (Å²) in [4.78, 5) is 21.6. The van der Waals surface area contributed by atoms with E-state index in [1.807, 2.05) is 13.1 Å². The van der Waals surface area contributed by atoms with Crippen molar-refractivity contribution in [1.82, 2.24) is 16.0 Å². The standard InChI is InChI=1S/C22H34FN3O3/c1-22(7-8-22)26-9-6-19(24-2)14-17-13-18(23)16-20(15-17)29-12-4-3-5-21(28)25-10-11-27/h11,13,15-16,19,24,26H,3-10,12,14H2,1-2H3,(H,25,28)/t19-/m1/s1. The van der Waals surface area contributed by atoms with Crippen molar-refractivity contribution in [3.8, 4) is 5.75 Å². The Morgan fingerprint density at radius 1 is 1.31 bits per heavy atom. The molecule has 7 heteroatoms. The summed E-state index contributed by atoms with van der Waals surface area (Å²) in [5.74, 6) is 0.0708. The molecule has 0 saturated heterocycles. The van der Waals surface area contributed by atoms with Crippen LogP contribution >= 0.6 is 0 Å². The summed E-state index contributed by atoms with van der Waals surface area (Å²) < 4.78 is 19.7. The zero-order chi connectivity index (χ0) is 21.1. The first-order valence-corrected chi connectivity index (χ1v) is 10.5. The van der Waals surface area contributed by atoms with Gasteiger partial charge in [-0.15, -0.1) is 0 Å². The van der Waals surface area contributed by atoms with Crippen molar-refractivity contribution in [2.45, 2.75) is 63.5 Å². The predicted octanol–water partition coefficient (Wildman–Crippen LogP) is 2.35. The molecule has 1 fully saturated rings. The predicted molar refractivity (Wildman–Crippen MR) is 112 cm³/mol. The van der Waals surface area contributed by atoms with Gasteiger partial charge < -0.3 is 25.5 Å².